The fraction of sp³-hybridized carbons (Fsp3) is 0.542. The molecule has 34 heavy (non-hydrogen) atoms. The molecule has 0 unspecified atom stereocenters. The van der Waals surface area contributed by atoms with Crippen molar-refractivity contribution in [3.8, 4) is 0 Å². The van der Waals surface area contributed by atoms with Gasteiger partial charge in [-0.1, -0.05) is 11.6 Å². The number of aliphatic carboxylic acids is 1. The zero-order valence-corrected chi connectivity index (χ0v) is 20.2. The molecule has 10 heteroatoms. The first-order valence-corrected chi connectivity index (χ1v) is 12.2. The molecule has 2 saturated heterocycles. The Bertz CT molecular complexity index is 1040. The molecule has 1 atom stereocenters. The molecular weight excluding hydrogens is 458 g/mol. The number of aromatic amines is 1. The minimum absolute atomic E-state index is 0.0428. The zero-order valence-electron chi connectivity index (χ0n) is 19.4. The topological polar surface area (TPSA) is 109 Å². The normalized spacial score (nSPS) is 19.3. The molecule has 3 N–H and O–H groups in total. The number of rotatable bonds is 7. The van der Waals surface area contributed by atoms with E-state index in [9.17, 15) is 14.4 Å². The Kier molecular flexibility index (Phi) is 7.75. The highest BCUT2D eigenvalue weighted by Crippen LogP contribution is 2.21. The summed E-state index contributed by atoms with van der Waals surface area (Å²) in [6.45, 7) is 4.93. The lowest BCUT2D eigenvalue weighted by Gasteiger charge is -2.42. The summed E-state index contributed by atoms with van der Waals surface area (Å²) in [5.74, 6) is -1.67. The van der Waals surface area contributed by atoms with Crippen LogP contribution in [-0.2, 0) is 9.59 Å². The quantitative estimate of drug-likeness (QED) is 0.549. The number of fused-ring (bicyclic) bond motifs is 1. The second kappa shape index (κ2) is 10.8. The van der Waals surface area contributed by atoms with E-state index in [-0.39, 0.29) is 18.7 Å². The van der Waals surface area contributed by atoms with E-state index in [1.165, 1.54) is 0 Å². The van der Waals surface area contributed by atoms with E-state index in [1.54, 1.807) is 29.2 Å². The van der Waals surface area contributed by atoms with Gasteiger partial charge in [-0.3, -0.25) is 19.3 Å². The van der Waals surface area contributed by atoms with Crippen molar-refractivity contribution in [2.45, 2.75) is 37.8 Å². The van der Waals surface area contributed by atoms with Crippen molar-refractivity contribution in [3.63, 3.8) is 0 Å². The van der Waals surface area contributed by atoms with Crippen molar-refractivity contribution in [1.82, 2.24) is 25.0 Å². The number of piperidine rings is 1. The van der Waals surface area contributed by atoms with E-state index in [1.807, 2.05) is 0 Å². The number of halogens is 1. The molecule has 2 amide bonds. The van der Waals surface area contributed by atoms with Crippen LogP contribution in [0.3, 0.4) is 0 Å². The number of amides is 2. The second-order valence-corrected chi connectivity index (χ2v) is 9.71. The molecule has 0 bridgehead atoms. The van der Waals surface area contributed by atoms with Gasteiger partial charge >= 0.3 is 5.97 Å². The first-order chi connectivity index (χ1) is 16.3. The monoisotopic (exact) mass is 489 g/mol. The highest BCUT2D eigenvalue weighted by atomic mass is 35.5. The number of benzene rings is 1. The van der Waals surface area contributed by atoms with E-state index in [2.05, 4.69) is 27.1 Å². The Balaban J connectivity index is 1.39. The Morgan fingerprint density at radius 3 is 2.50 bits per heavy atom. The van der Waals surface area contributed by atoms with Gasteiger partial charge in [-0.05, 0) is 63.7 Å². The molecule has 0 aliphatic carbocycles. The molecule has 2 fully saturated rings. The lowest BCUT2D eigenvalue weighted by molar-refractivity contribution is -0.138. The van der Waals surface area contributed by atoms with Gasteiger partial charge in [0.25, 0.3) is 5.91 Å². The van der Waals surface area contributed by atoms with Gasteiger partial charge in [-0.15, -0.1) is 0 Å². The number of piperazine rings is 1. The standard InChI is InChI=1S/C24H32ClN5O4/c1-28-8-6-18(7-9-28)29-10-12-30(13-11-29)24(34)20(4-5-22(31)32)27-23(33)21-15-16-14-17(25)2-3-19(16)26-21/h2-3,14-15,18,20,26H,4-13H2,1H3,(H,27,33)(H,31,32)/t20-/m1/s1. The average molecular weight is 490 g/mol. The largest absolute Gasteiger partial charge is 0.481 e. The van der Waals surface area contributed by atoms with Crippen LogP contribution in [0, 0.1) is 0 Å². The number of nitrogens with one attached hydrogen (secondary N) is 2. The predicted molar refractivity (Wildman–Crippen MR) is 130 cm³/mol. The van der Waals surface area contributed by atoms with Crippen molar-refractivity contribution in [1.29, 1.82) is 0 Å². The van der Waals surface area contributed by atoms with Crippen LogP contribution in [-0.4, -0.2) is 101 Å². The van der Waals surface area contributed by atoms with Crippen LogP contribution >= 0.6 is 11.6 Å². The number of likely N-dealkylation sites (tertiary alicyclic amines) is 1. The smallest absolute Gasteiger partial charge is 0.303 e. The Hall–Kier alpha value is -2.62. The lowest BCUT2D eigenvalue weighted by Crippen LogP contribution is -2.57. The van der Waals surface area contributed by atoms with E-state index >= 15 is 0 Å². The fourth-order valence-electron chi connectivity index (χ4n) is 4.87. The van der Waals surface area contributed by atoms with Gasteiger partial charge in [0.1, 0.15) is 11.7 Å². The van der Waals surface area contributed by atoms with Crippen LogP contribution in [0.5, 0.6) is 0 Å². The van der Waals surface area contributed by atoms with Gasteiger partial charge in [0, 0.05) is 54.6 Å². The van der Waals surface area contributed by atoms with Crippen molar-refractivity contribution in [2.75, 3.05) is 46.3 Å². The number of carbonyl (C=O) groups is 3. The number of nitrogens with zero attached hydrogens (tertiary/aromatic N) is 3. The number of aromatic nitrogens is 1. The molecular formula is C24H32ClN5O4. The van der Waals surface area contributed by atoms with Gasteiger partial charge < -0.3 is 25.2 Å². The van der Waals surface area contributed by atoms with E-state index < -0.39 is 17.9 Å². The maximum Gasteiger partial charge on any atom is 0.303 e. The highest BCUT2D eigenvalue weighted by molar-refractivity contribution is 6.31. The molecule has 2 aliphatic heterocycles. The first kappa shape index (κ1) is 24.5. The van der Waals surface area contributed by atoms with Crippen molar-refractivity contribution in [2.24, 2.45) is 0 Å². The van der Waals surface area contributed by atoms with Crippen LogP contribution in [0.15, 0.2) is 24.3 Å². The SMILES string of the molecule is CN1CCC(N2CCN(C(=O)[C@@H](CCC(=O)O)NC(=O)c3cc4cc(Cl)ccc4[nH]3)CC2)CC1. The summed E-state index contributed by atoms with van der Waals surface area (Å²) < 4.78 is 0. The maximum absolute atomic E-state index is 13.3. The molecule has 0 radical (unpaired) electrons. The number of carboxylic acids is 1. The molecule has 1 aromatic heterocycles. The molecule has 9 nitrogen and oxygen atoms in total. The van der Waals surface area contributed by atoms with Crippen LogP contribution in [0.2, 0.25) is 5.02 Å². The van der Waals surface area contributed by atoms with Gasteiger partial charge in [0.05, 0.1) is 0 Å². The first-order valence-electron chi connectivity index (χ1n) is 11.8. The summed E-state index contributed by atoms with van der Waals surface area (Å²) in [5.41, 5.74) is 1.06. The maximum atomic E-state index is 13.3. The van der Waals surface area contributed by atoms with Crippen molar-refractivity contribution < 1.29 is 19.5 Å². The van der Waals surface area contributed by atoms with Crippen molar-refractivity contribution in [3.05, 3.63) is 35.0 Å². The summed E-state index contributed by atoms with van der Waals surface area (Å²) in [7, 11) is 2.14. The van der Waals surface area contributed by atoms with Gasteiger partial charge in [-0.2, -0.15) is 0 Å². The fourth-order valence-corrected chi connectivity index (χ4v) is 5.06. The Labute approximate surface area is 204 Å². The molecule has 0 saturated carbocycles. The Morgan fingerprint density at radius 2 is 1.82 bits per heavy atom. The molecule has 2 aliphatic rings. The van der Waals surface area contributed by atoms with Crippen LogP contribution in [0.25, 0.3) is 10.9 Å². The van der Waals surface area contributed by atoms with Gasteiger partial charge in [0.2, 0.25) is 5.91 Å². The third-order valence-electron chi connectivity index (χ3n) is 6.91. The van der Waals surface area contributed by atoms with Gasteiger partial charge in [-0.25, -0.2) is 0 Å². The van der Waals surface area contributed by atoms with E-state index in [0.717, 1.165) is 49.9 Å². The third kappa shape index (κ3) is 5.89. The lowest BCUT2D eigenvalue weighted by atomic mass is 10.0. The number of H-pyrrole nitrogens is 1. The minimum atomic E-state index is -1.00. The summed E-state index contributed by atoms with van der Waals surface area (Å²) >= 11 is 6.03. The molecule has 3 heterocycles. The van der Waals surface area contributed by atoms with E-state index in [0.29, 0.717) is 29.8 Å². The number of carbonyl (C=O) groups excluding carboxylic acids is 2. The zero-order chi connectivity index (χ0) is 24.2. The molecule has 4 rings (SSSR count). The summed E-state index contributed by atoms with van der Waals surface area (Å²) in [6, 6.07) is 6.59. The molecule has 184 valence electrons. The summed E-state index contributed by atoms with van der Waals surface area (Å²) in [5, 5.41) is 13.3. The van der Waals surface area contributed by atoms with Gasteiger partial charge in [0.15, 0.2) is 0 Å². The van der Waals surface area contributed by atoms with Crippen LogP contribution < -0.4 is 5.32 Å². The number of hydrogen-bond acceptors (Lipinski definition) is 5. The van der Waals surface area contributed by atoms with E-state index in [4.69, 9.17) is 16.7 Å². The Morgan fingerprint density at radius 1 is 1.12 bits per heavy atom. The summed E-state index contributed by atoms with van der Waals surface area (Å²) in [6.07, 6.45) is 2.12. The van der Waals surface area contributed by atoms with Crippen LogP contribution in [0.1, 0.15) is 36.2 Å². The number of hydrogen-bond donors (Lipinski definition) is 3. The number of carboxylic acid groups (broad SMARTS) is 1. The molecule has 1 aromatic carbocycles. The van der Waals surface area contributed by atoms with Crippen molar-refractivity contribution >= 4 is 40.3 Å². The summed E-state index contributed by atoms with van der Waals surface area (Å²) in [4.78, 5) is 47.0. The molecule has 2 aromatic rings. The average Bonchev–Trinajstić information content (AvgIpc) is 3.25. The van der Waals surface area contributed by atoms with Crippen LogP contribution in [0.4, 0.5) is 0 Å². The molecule has 0 spiro atoms. The third-order valence-corrected chi connectivity index (χ3v) is 7.14. The minimum Gasteiger partial charge on any atom is -0.481 e. The predicted octanol–water partition coefficient (Wildman–Crippen LogP) is 2.02. The second-order valence-electron chi connectivity index (χ2n) is 9.27. The highest BCUT2D eigenvalue weighted by Gasteiger charge is 2.32.